The molecule has 4 aromatic rings. The summed E-state index contributed by atoms with van der Waals surface area (Å²) in [6.45, 7) is 7.80. The average molecular weight is 576 g/mol. The van der Waals surface area contributed by atoms with Crippen molar-refractivity contribution >= 4 is 33.1 Å². The van der Waals surface area contributed by atoms with E-state index < -0.39 is 15.4 Å². The topological polar surface area (TPSA) is 106 Å². The zero-order valence-electron chi connectivity index (χ0n) is 24.0. The van der Waals surface area contributed by atoms with Crippen LogP contribution in [0.4, 0.5) is 11.6 Å². The summed E-state index contributed by atoms with van der Waals surface area (Å²) in [5, 5.41) is 7.98. The van der Waals surface area contributed by atoms with Crippen LogP contribution < -0.4 is 5.32 Å². The van der Waals surface area contributed by atoms with Crippen molar-refractivity contribution in [3.8, 4) is 11.3 Å². The molecule has 0 aliphatic carbocycles. The van der Waals surface area contributed by atoms with Gasteiger partial charge in [-0.1, -0.05) is 30.3 Å². The first-order valence-electron chi connectivity index (χ1n) is 13.9. The summed E-state index contributed by atoms with van der Waals surface area (Å²) in [5.74, 6) is 0.756. The Bertz CT molecular complexity index is 1620. The molecule has 10 heteroatoms. The van der Waals surface area contributed by atoms with Crippen molar-refractivity contribution in [1.29, 1.82) is 0 Å². The highest BCUT2D eigenvalue weighted by molar-refractivity contribution is 7.90. The van der Waals surface area contributed by atoms with Gasteiger partial charge in [0.2, 0.25) is 5.95 Å². The number of fused-ring (bicyclic) bond motifs is 1. The van der Waals surface area contributed by atoms with Gasteiger partial charge in [-0.25, -0.2) is 12.9 Å². The van der Waals surface area contributed by atoms with Gasteiger partial charge < -0.3 is 10.1 Å². The summed E-state index contributed by atoms with van der Waals surface area (Å²) in [6, 6.07) is 20.9. The number of nitrogens with one attached hydrogen (secondary N) is 1. The highest BCUT2D eigenvalue weighted by Crippen LogP contribution is 2.30. The number of nitrogens with zero attached hydrogens (tertiary/aromatic N) is 4. The molecule has 1 unspecified atom stereocenters. The molecule has 1 aliphatic heterocycles. The second-order valence-corrected chi connectivity index (χ2v) is 13.7. The van der Waals surface area contributed by atoms with Crippen LogP contribution in [0.15, 0.2) is 71.6 Å². The summed E-state index contributed by atoms with van der Waals surface area (Å²) < 4.78 is 30.9. The largest absolute Gasteiger partial charge is 0.459 e. The highest BCUT2D eigenvalue weighted by atomic mass is 32.2. The number of anilines is 2. The van der Waals surface area contributed by atoms with E-state index in [1.807, 2.05) is 39.0 Å². The zero-order valence-corrected chi connectivity index (χ0v) is 24.8. The van der Waals surface area contributed by atoms with Crippen LogP contribution in [0.1, 0.15) is 51.5 Å². The monoisotopic (exact) mass is 575 g/mol. The van der Waals surface area contributed by atoms with Crippen molar-refractivity contribution in [1.82, 2.24) is 19.5 Å². The minimum Gasteiger partial charge on any atom is -0.459 e. The van der Waals surface area contributed by atoms with Gasteiger partial charge in [0.15, 0.2) is 15.5 Å². The van der Waals surface area contributed by atoms with Crippen LogP contribution in [0.5, 0.6) is 0 Å². The Morgan fingerprint density at radius 1 is 1.00 bits per heavy atom. The standard InChI is InChI=1S/C31H37N5O4S/c1-31(2,3)40-29(37)21-35-19-6-7-22(18-20-35)23-10-14-25(15-11-23)32-30-33-28-9-5-8-27(36(28)34-30)24-12-16-26(17-13-24)41(4,38)39/h5,8-17,22H,6-7,18-21H2,1-4H3,(H,32,34). The van der Waals surface area contributed by atoms with E-state index in [-0.39, 0.29) is 10.9 Å². The van der Waals surface area contributed by atoms with Gasteiger partial charge in [0.05, 0.1) is 17.1 Å². The first-order valence-corrected chi connectivity index (χ1v) is 15.8. The van der Waals surface area contributed by atoms with Gasteiger partial charge in [0.25, 0.3) is 0 Å². The number of carbonyl (C=O) groups excluding carboxylic acids is 1. The molecule has 0 bridgehead atoms. The summed E-state index contributed by atoms with van der Waals surface area (Å²) in [5.41, 5.74) is 4.06. The van der Waals surface area contributed by atoms with Crippen molar-refractivity contribution in [3.63, 3.8) is 0 Å². The lowest BCUT2D eigenvalue weighted by Gasteiger charge is -2.24. The third-order valence-electron chi connectivity index (χ3n) is 7.17. The summed E-state index contributed by atoms with van der Waals surface area (Å²) >= 11 is 0. The Morgan fingerprint density at radius 3 is 2.41 bits per heavy atom. The maximum atomic E-state index is 12.3. The van der Waals surface area contributed by atoms with Gasteiger partial charge in [0.1, 0.15) is 5.60 Å². The number of pyridine rings is 1. The fourth-order valence-electron chi connectivity index (χ4n) is 5.22. The minimum absolute atomic E-state index is 0.163. The molecular weight excluding hydrogens is 538 g/mol. The number of sulfone groups is 1. The van der Waals surface area contributed by atoms with Gasteiger partial charge in [-0.15, -0.1) is 5.10 Å². The Morgan fingerprint density at radius 2 is 1.73 bits per heavy atom. The molecule has 1 fully saturated rings. The number of benzene rings is 2. The first-order chi connectivity index (χ1) is 19.4. The third-order valence-corrected chi connectivity index (χ3v) is 8.30. The molecule has 1 N–H and O–H groups in total. The van der Waals surface area contributed by atoms with Gasteiger partial charge in [-0.2, -0.15) is 4.98 Å². The van der Waals surface area contributed by atoms with E-state index in [1.165, 1.54) is 11.8 Å². The molecule has 3 heterocycles. The number of ether oxygens (including phenoxy) is 1. The molecule has 2 aromatic heterocycles. The number of likely N-dealkylation sites (tertiary alicyclic amines) is 1. The molecular formula is C31H37N5O4S. The number of hydrogen-bond acceptors (Lipinski definition) is 8. The fourth-order valence-corrected chi connectivity index (χ4v) is 5.85. The average Bonchev–Trinajstić information content (AvgIpc) is 3.18. The molecule has 0 amide bonds. The van der Waals surface area contributed by atoms with Crippen LogP contribution in [0.25, 0.3) is 16.9 Å². The summed E-state index contributed by atoms with van der Waals surface area (Å²) in [4.78, 5) is 19.4. The summed E-state index contributed by atoms with van der Waals surface area (Å²) in [7, 11) is -3.26. The number of rotatable bonds is 7. The second-order valence-electron chi connectivity index (χ2n) is 11.7. The fraction of sp³-hybridized carbons (Fsp3) is 0.387. The van der Waals surface area contributed by atoms with Gasteiger partial charge in [0, 0.05) is 17.5 Å². The van der Waals surface area contributed by atoms with Crippen LogP contribution in [0.2, 0.25) is 0 Å². The lowest BCUT2D eigenvalue weighted by molar-refractivity contribution is -0.156. The summed E-state index contributed by atoms with van der Waals surface area (Å²) in [6.07, 6.45) is 4.32. The van der Waals surface area contributed by atoms with E-state index in [9.17, 15) is 13.2 Å². The van der Waals surface area contributed by atoms with Crippen LogP contribution in [-0.4, -0.2) is 65.4 Å². The first kappa shape index (κ1) is 28.8. The van der Waals surface area contributed by atoms with E-state index in [4.69, 9.17) is 4.74 Å². The predicted octanol–water partition coefficient (Wildman–Crippen LogP) is 5.45. The lowest BCUT2D eigenvalue weighted by atomic mass is 9.92. The van der Waals surface area contributed by atoms with E-state index in [0.717, 1.165) is 49.3 Å². The third kappa shape index (κ3) is 7.31. The van der Waals surface area contributed by atoms with Crippen LogP contribution in [0.3, 0.4) is 0 Å². The SMILES string of the molecule is CC(C)(C)OC(=O)CN1CCCC(c2ccc(Nc3nc4cccc(-c5ccc(S(C)(=O)=O)cc5)n4n3)cc2)CC1. The molecule has 1 atom stereocenters. The second kappa shape index (κ2) is 11.6. The lowest BCUT2D eigenvalue weighted by Crippen LogP contribution is -2.35. The number of hydrogen-bond donors (Lipinski definition) is 1. The predicted molar refractivity (Wildman–Crippen MR) is 160 cm³/mol. The minimum atomic E-state index is -3.26. The molecule has 1 saturated heterocycles. The molecule has 0 spiro atoms. The molecule has 0 saturated carbocycles. The molecule has 2 aromatic carbocycles. The Kier molecular flexibility index (Phi) is 8.15. The molecule has 41 heavy (non-hydrogen) atoms. The van der Waals surface area contributed by atoms with Crippen molar-refractivity contribution < 1.29 is 17.9 Å². The Balaban J connectivity index is 1.24. The Labute approximate surface area is 241 Å². The van der Waals surface area contributed by atoms with Crippen molar-refractivity contribution in [2.75, 3.05) is 31.2 Å². The van der Waals surface area contributed by atoms with Gasteiger partial charge >= 0.3 is 5.97 Å². The van der Waals surface area contributed by atoms with E-state index in [1.54, 1.807) is 28.8 Å². The normalized spacial score (nSPS) is 16.8. The molecule has 1 aliphatic rings. The highest BCUT2D eigenvalue weighted by Gasteiger charge is 2.23. The molecule has 9 nitrogen and oxygen atoms in total. The number of carbonyl (C=O) groups is 1. The quantitative estimate of drug-likeness (QED) is 0.290. The van der Waals surface area contributed by atoms with E-state index in [2.05, 4.69) is 44.6 Å². The maximum Gasteiger partial charge on any atom is 0.320 e. The maximum absolute atomic E-state index is 12.3. The van der Waals surface area contributed by atoms with Crippen LogP contribution in [-0.2, 0) is 19.4 Å². The number of esters is 1. The molecule has 0 radical (unpaired) electrons. The van der Waals surface area contributed by atoms with Gasteiger partial charge in [-0.3, -0.25) is 9.69 Å². The number of aromatic nitrogens is 3. The van der Waals surface area contributed by atoms with Crippen molar-refractivity contribution in [3.05, 3.63) is 72.3 Å². The molecule has 216 valence electrons. The van der Waals surface area contributed by atoms with Crippen LogP contribution >= 0.6 is 0 Å². The van der Waals surface area contributed by atoms with E-state index in [0.29, 0.717) is 24.1 Å². The zero-order chi connectivity index (χ0) is 29.2. The van der Waals surface area contributed by atoms with Crippen molar-refractivity contribution in [2.45, 2.75) is 56.4 Å². The van der Waals surface area contributed by atoms with Crippen molar-refractivity contribution in [2.24, 2.45) is 0 Å². The Hall–Kier alpha value is -3.76. The van der Waals surface area contributed by atoms with E-state index >= 15 is 0 Å². The van der Waals surface area contributed by atoms with Crippen LogP contribution in [0, 0.1) is 0 Å². The van der Waals surface area contributed by atoms with Gasteiger partial charge in [-0.05, 0) is 101 Å². The smallest absolute Gasteiger partial charge is 0.320 e. The molecule has 5 rings (SSSR count).